The monoisotopic (exact) mass is 308 g/mol. The minimum atomic E-state index is -0.777. The predicted octanol–water partition coefficient (Wildman–Crippen LogP) is 1.33. The number of hydrogen-bond donors (Lipinski definition) is 1. The average Bonchev–Trinajstić information content (AvgIpc) is 2.30. The topological polar surface area (TPSA) is 62.0 Å². The molecular formula is C16H28N4O2. The highest BCUT2D eigenvalue weighted by Crippen LogP contribution is 2.28. The van der Waals surface area contributed by atoms with Gasteiger partial charge in [-0.3, -0.25) is 0 Å². The van der Waals surface area contributed by atoms with Gasteiger partial charge < -0.3 is 25.2 Å². The number of rotatable bonds is 7. The quantitative estimate of drug-likeness (QED) is 0.823. The van der Waals surface area contributed by atoms with E-state index in [2.05, 4.69) is 17.0 Å². The van der Waals surface area contributed by atoms with Crippen molar-refractivity contribution < 1.29 is 9.53 Å². The van der Waals surface area contributed by atoms with Crippen LogP contribution in [0.3, 0.4) is 0 Å². The maximum absolute atomic E-state index is 11.3. The van der Waals surface area contributed by atoms with E-state index in [4.69, 9.17) is 10.5 Å². The highest BCUT2D eigenvalue weighted by Gasteiger charge is 2.16. The minimum absolute atomic E-state index is 0.581. The summed E-state index contributed by atoms with van der Waals surface area (Å²) >= 11 is 0. The third-order valence-electron chi connectivity index (χ3n) is 2.98. The SMILES string of the molecule is CN(C)Cc1cc(CN(C)C)c(OC(N)=O)c(CN(C)C)c1. The van der Waals surface area contributed by atoms with E-state index >= 15 is 0 Å². The lowest BCUT2D eigenvalue weighted by molar-refractivity contribution is 0.208. The van der Waals surface area contributed by atoms with Crippen LogP contribution in [0.15, 0.2) is 12.1 Å². The van der Waals surface area contributed by atoms with Gasteiger partial charge in [0.15, 0.2) is 0 Å². The van der Waals surface area contributed by atoms with Crippen molar-refractivity contribution in [3.05, 3.63) is 28.8 Å². The highest BCUT2D eigenvalue weighted by atomic mass is 16.5. The molecule has 6 heteroatoms. The molecule has 0 heterocycles. The van der Waals surface area contributed by atoms with Gasteiger partial charge in [-0.2, -0.15) is 0 Å². The molecule has 124 valence electrons. The first-order valence-corrected chi connectivity index (χ1v) is 7.25. The van der Waals surface area contributed by atoms with Crippen LogP contribution >= 0.6 is 0 Å². The number of benzene rings is 1. The molecule has 1 amide bonds. The number of ether oxygens (including phenoxy) is 1. The molecule has 1 aromatic rings. The lowest BCUT2D eigenvalue weighted by atomic mass is 10.0. The second-order valence-electron chi connectivity index (χ2n) is 6.38. The summed E-state index contributed by atoms with van der Waals surface area (Å²) < 4.78 is 5.31. The summed E-state index contributed by atoms with van der Waals surface area (Å²) in [5.74, 6) is 0.581. The second-order valence-corrected chi connectivity index (χ2v) is 6.38. The van der Waals surface area contributed by atoms with E-state index in [1.807, 2.05) is 52.1 Å². The summed E-state index contributed by atoms with van der Waals surface area (Å²) in [4.78, 5) is 17.5. The fourth-order valence-corrected chi connectivity index (χ4v) is 2.43. The summed E-state index contributed by atoms with van der Waals surface area (Å²) in [6.07, 6.45) is -0.777. The second kappa shape index (κ2) is 8.12. The number of carbonyl (C=O) groups is 1. The molecule has 0 radical (unpaired) electrons. The van der Waals surface area contributed by atoms with Crippen molar-refractivity contribution in [1.29, 1.82) is 0 Å². The molecule has 0 fully saturated rings. The van der Waals surface area contributed by atoms with Crippen molar-refractivity contribution in [2.24, 2.45) is 5.73 Å². The first kappa shape index (κ1) is 18.4. The van der Waals surface area contributed by atoms with Crippen LogP contribution in [0.25, 0.3) is 0 Å². The van der Waals surface area contributed by atoms with Gasteiger partial charge in [-0.15, -0.1) is 0 Å². The van der Waals surface area contributed by atoms with Crippen molar-refractivity contribution in [3.8, 4) is 5.75 Å². The zero-order valence-electron chi connectivity index (χ0n) is 14.5. The van der Waals surface area contributed by atoms with E-state index in [9.17, 15) is 4.79 Å². The third kappa shape index (κ3) is 6.01. The third-order valence-corrected chi connectivity index (χ3v) is 2.98. The van der Waals surface area contributed by atoms with Crippen molar-refractivity contribution in [2.45, 2.75) is 19.6 Å². The number of primary amides is 1. The Kier molecular flexibility index (Phi) is 6.80. The smallest absolute Gasteiger partial charge is 0.409 e. The highest BCUT2D eigenvalue weighted by molar-refractivity contribution is 5.69. The van der Waals surface area contributed by atoms with Crippen molar-refractivity contribution >= 4 is 6.09 Å². The molecule has 0 bridgehead atoms. The summed E-state index contributed by atoms with van der Waals surface area (Å²) in [6.45, 7) is 2.20. The van der Waals surface area contributed by atoms with Gasteiger partial charge in [-0.05, 0) is 60.0 Å². The van der Waals surface area contributed by atoms with Gasteiger partial charge >= 0.3 is 6.09 Å². The Hall–Kier alpha value is -1.63. The van der Waals surface area contributed by atoms with E-state index in [0.29, 0.717) is 18.8 Å². The van der Waals surface area contributed by atoms with E-state index in [1.165, 1.54) is 5.56 Å². The van der Waals surface area contributed by atoms with Gasteiger partial charge in [-0.25, -0.2) is 4.79 Å². The number of nitrogens with two attached hydrogens (primary N) is 1. The van der Waals surface area contributed by atoms with E-state index < -0.39 is 6.09 Å². The Morgan fingerprint density at radius 2 is 1.32 bits per heavy atom. The zero-order chi connectivity index (χ0) is 16.9. The van der Waals surface area contributed by atoms with Gasteiger partial charge in [-0.1, -0.05) is 0 Å². The van der Waals surface area contributed by atoms with E-state index in [0.717, 1.165) is 17.7 Å². The van der Waals surface area contributed by atoms with Crippen LogP contribution in [0.1, 0.15) is 16.7 Å². The summed E-state index contributed by atoms with van der Waals surface area (Å²) in [5.41, 5.74) is 8.38. The maximum atomic E-state index is 11.3. The molecule has 6 nitrogen and oxygen atoms in total. The first-order chi connectivity index (χ1) is 10.2. The Morgan fingerprint density at radius 1 is 0.909 bits per heavy atom. The number of nitrogens with zero attached hydrogens (tertiary/aromatic N) is 3. The molecule has 0 aromatic heterocycles. The Morgan fingerprint density at radius 3 is 1.64 bits per heavy atom. The molecule has 0 aliphatic heterocycles. The maximum Gasteiger partial charge on any atom is 0.409 e. The molecule has 0 saturated carbocycles. The van der Waals surface area contributed by atoms with Gasteiger partial charge in [0.25, 0.3) is 0 Å². The predicted molar refractivity (Wildman–Crippen MR) is 88.8 cm³/mol. The molecule has 1 aromatic carbocycles. The largest absolute Gasteiger partial charge is 0.410 e. The molecular weight excluding hydrogens is 280 g/mol. The molecule has 22 heavy (non-hydrogen) atoms. The normalized spacial score (nSPS) is 11.5. The van der Waals surface area contributed by atoms with Crippen molar-refractivity contribution in [2.75, 3.05) is 42.3 Å². The summed E-state index contributed by atoms with van der Waals surface area (Å²) in [7, 11) is 12.0. The van der Waals surface area contributed by atoms with Crippen LogP contribution in [0.4, 0.5) is 4.79 Å². The van der Waals surface area contributed by atoms with E-state index in [1.54, 1.807) is 0 Å². The Balaban J connectivity index is 3.34. The van der Waals surface area contributed by atoms with Crippen molar-refractivity contribution in [3.63, 3.8) is 0 Å². The fourth-order valence-electron chi connectivity index (χ4n) is 2.43. The van der Waals surface area contributed by atoms with Crippen LogP contribution in [0, 0.1) is 0 Å². The molecule has 1 rings (SSSR count). The lowest BCUT2D eigenvalue weighted by Crippen LogP contribution is -2.22. The summed E-state index contributed by atoms with van der Waals surface area (Å²) in [6, 6.07) is 4.16. The molecule has 0 atom stereocenters. The molecule has 2 N–H and O–H groups in total. The van der Waals surface area contributed by atoms with Crippen LogP contribution < -0.4 is 10.5 Å². The molecule has 0 aliphatic carbocycles. The van der Waals surface area contributed by atoms with Gasteiger partial charge in [0, 0.05) is 30.8 Å². The van der Waals surface area contributed by atoms with Crippen LogP contribution in [-0.4, -0.2) is 63.1 Å². The van der Waals surface area contributed by atoms with Gasteiger partial charge in [0.05, 0.1) is 0 Å². The Labute approximate surface area is 133 Å². The van der Waals surface area contributed by atoms with Crippen molar-refractivity contribution in [1.82, 2.24) is 14.7 Å². The van der Waals surface area contributed by atoms with Crippen LogP contribution in [0.5, 0.6) is 5.75 Å². The van der Waals surface area contributed by atoms with E-state index in [-0.39, 0.29) is 0 Å². The first-order valence-electron chi connectivity index (χ1n) is 7.25. The number of carbonyl (C=O) groups excluding carboxylic acids is 1. The minimum Gasteiger partial charge on any atom is -0.410 e. The number of amides is 1. The molecule has 0 saturated heterocycles. The average molecular weight is 308 g/mol. The van der Waals surface area contributed by atoms with Crippen LogP contribution in [0.2, 0.25) is 0 Å². The fraction of sp³-hybridized carbons (Fsp3) is 0.562. The number of hydrogen-bond acceptors (Lipinski definition) is 5. The zero-order valence-corrected chi connectivity index (χ0v) is 14.5. The molecule has 0 aliphatic rings. The standard InChI is InChI=1S/C16H28N4O2/c1-18(2)9-12-7-13(10-19(3)4)15(22-16(17)21)14(8-12)11-20(5)6/h7-8H,9-11H2,1-6H3,(H2,17,21). The summed E-state index contributed by atoms with van der Waals surface area (Å²) in [5, 5.41) is 0. The molecule has 0 unspecified atom stereocenters. The van der Waals surface area contributed by atoms with Gasteiger partial charge in [0.1, 0.15) is 5.75 Å². The molecule has 0 spiro atoms. The van der Waals surface area contributed by atoms with Gasteiger partial charge in [0.2, 0.25) is 0 Å². The van der Waals surface area contributed by atoms with Crippen LogP contribution in [-0.2, 0) is 19.6 Å². The Bertz CT molecular complexity index is 482. The lowest BCUT2D eigenvalue weighted by Gasteiger charge is -2.21.